The number of methoxy groups -OCH3 is 1. The largest absolute Gasteiger partial charge is 0.480 e. The molecule has 38 heavy (non-hydrogen) atoms. The summed E-state index contributed by atoms with van der Waals surface area (Å²) in [6.45, 7) is 2.86. The molecular weight excluding hydrogens is 498 g/mol. The number of pyridine rings is 1. The molecule has 3 N–H and O–H groups in total. The Bertz CT molecular complexity index is 1050. The minimum Gasteiger partial charge on any atom is -0.480 e. The third kappa shape index (κ3) is 9.86. The molecule has 0 fully saturated rings. The van der Waals surface area contributed by atoms with E-state index in [9.17, 15) is 23.5 Å². The Morgan fingerprint density at radius 3 is 2.68 bits per heavy atom. The molecule has 1 unspecified atom stereocenters. The number of nitrogens with zero attached hydrogens (tertiary/aromatic N) is 2. The van der Waals surface area contributed by atoms with Gasteiger partial charge in [0.1, 0.15) is 30.1 Å². The van der Waals surface area contributed by atoms with E-state index in [0.717, 1.165) is 68.8 Å². The molecule has 1 amide bonds. The van der Waals surface area contributed by atoms with Crippen LogP contribution in [0.4, 0.5) is 19.4 Å². The summed E-state index contributed by atoms with van der Waals surface area (Å²) < 4.78 is 36.7. The number of amides is 1. The van der Waals surface area contributed by atoms with E-state index in [4.69, 9.17) is 14.5 Å². The van der Waals surface area contributed by atoms with Gasteiger partial charge in [0.25, 0.3) is 0 Å². The number of aliphatic carboxylic acids is 1. The van der Waals surface area contributed by atoms with Crippen LogP contribution >= 0.6 is 0 Å². The number of hydrogen-bond acceptors (Lipinski definition) is 7. The van der Waals surface area contributed by atoms with Crippen LogP contribution in [-0.2, 0) is 33.7 Å². The monoisotopic (exact) mass is 534 g/mol. The Labute approximate surface area is 221 Å². The van der Waals surface area contributed by atoms with E-state index in [2.05, 4.69) is 27.7 Å². The lowest BCUT2D eigenvalue weighted by Crippen LogP contribution is -2.43. The van der Waals surface area contributed by atoms with Crippen LogP contribution in [0.2, 0.25) is 0 Å². The molecule has 0 spiro atoms. The number of aromatic nitrogens is 1. The lowest BCUT2D eigenvalue weighted by Gasteiger charge is -2.24. The van der Waals surface area contributed by atoms with Gasteiger partial charge in [0, 0.05) is 38.5 Å². The van der Waals surface area contributed by atoms with E-state index in [0.29, 0.717) is 25.8 Å². The van der Waals surface area contributed by atoms with Crippen LogP contribution in [0.15, 0.2) is 30.3 Å². The van der Waals surface area contributed by atoms with Gasteiger partial charge in [-0.15, -0.1) is 0 Å². The van der Waals surface area contributed by atoms with Gasteiger partial charge < -0.3 is 30.1 Å². The SMILES string of the molecule is COCCN(CCCCc1ccc2c(n1)NCCC2)CCC(NC(=O)OCc1cc(F)cc(F)c1)C(=O)O. The zero-order chi connectivity index (χ0) is 27.3. The molecule has 9 nitrogen and oxygen atoms in total. The topological polar surface area (TPSA) is 113 Å². The normalized spacial score (nSPS) is 13.5. The number of alkyl carbamates (subject to hydrolysis) is 1. The van der Waals surface area contributed by atoms with Gasteiger partial charge in [-0.25, -0.2) is 23.4 Å². The Morgan fingerprint density at radius 2 is 1.95 bits per heavy atom. The van der Waals surface area contributed by atoms with Gasteiger partial charge in [-0.05, 0) is 74.4 Å². The van der Waals surface area contributed by atoms with E-state index in [1.54, 1.807) is 7.11 Å². The second-order valence-electron chi connectivity index (χ2n) is 9.31. The molecule has 0 saturated carbocycles. The zero-order valence-corrected chi connectivity index (χ0v) is 21.7. The lowest BCUT2D eigenvalue weighted by molar-refractivity contribution is -0.139. The van der Waals surface area contributed by atoms with Crippen LogP contribution in [-0.4, -0.2) is 73.0 Å². The van der Waals surface area contributed by atoms with Crippen molar-refractivity contribution in [1.82, 2.24) is 15.2 Å². The molecule has 0 bridgehead atoms. The number of benzene rings is 1. The first-order valence-corrected chi connectivity index (χ1v) is 12.9. The molecular formula is C27H36F2N4O5. The highest BCUT2D eigenvalue weighted by Gasteiger charge is 2.22. The molecule has 1 aliphatic rings. The predicted molar refractivity (Wildman–Crippen MR) is 138 cm³/mol. The van der Waals surface area contributed by atoms with Gasteiger partial charge >= 0.3 is 12.1 Å². The summed E-state index contributed by atoms with van der Waals surface area (Å²) in [7, 11) is 1.61. The minimum absolute atomic E-state index is 0.122. The van der Waals surface area contributed by atoms with Gasteiger partial charge in [-0.3, -0.25) is 0 Å². The van der Waals surface area contributed by atoms with Gasteiger partial charge in [0.05, 0.1) is 6.61 Å². The van der Waals surface area contributed by atoms with Crippen molar-refractivity contribution in [3.8, 4) is 0 Å². The van der Waals surface area contributed by atoms with Gasteiger partial charge in [0.2, 0.25) is 0 Å². The number of carbonyl (C=O) groups is 2. The number of unbranched alkanes of at least 4 members (excludes halogenated alkanes) is 1. The summed E-state index contributed by atoms with van der Waals surface area (Å²) in [5.74, 6) is -1.79. The van der Waals surface area contributed by atoms with Crippen molar-refractivity contribution in [2.45, 2.75) is 51.2 Å². The van der Waals surface area contributed by atoms with Crippen LogP contribution in [0.25, 0.3) is 0 Å². The third-order valence-electron chi connectivity index (χ3n) is 6.34. The van der Waals surface area contributed by atoms with Crippen LogP contribution < -0.4 is 10.6 Å². The zero-order valence-electron chi connectivity index (χ0n) is 21.7. The van der Waals surface area contributed by atoms with Crippen molar-refractivity contribution in [1.29, 1.82) is 0 Å². The van der Waals surface area contributed by atoms with Crippen LogP contribution in [0.3, 0.4) is 0 Å². The van der Waals surface area contributed by atoms with Crippen LogP contribution in [0, 0.1) is 11.6 Å². The highest BCUT2D eigenvalue weighted by Crippen LogP contribution is 2.20. The Morgan fingerprint density at radius 1 is 1.16 bits per heavy atom. The third-order valence-corrected chi connectivity index (χ3v) is 6.34. The summed E-state index contributed by atoms with van der Waals surface area (Å²) in [6.07, 6.45) is 4.05. The maximum absolute atomic E-state index is 13.3. The standard InChI is InChI=1S/C27H36F2N4O5/c1-37-14-13-33(11-3-2-6-23-8-7-20-5-4-10-30-25(20)31-23)12-9-24(26(34)35)32-27(36)38-18-19-15-21(28)17-22(29)16-19/h7-8,15-17,24H,2-6,9-14,18H2,1H3,(H,30,31)(H,32,36)(H,34,35). The number of halogens is 2. The average Bonchev–Trinajstić information content (AvgIpc) is 2.89. The Balaban J connectivity index is 1.43. The number of anilines is 1. The number of ether oxygens (including phenoxy) is 2. The van der Waals surface area contributed by atoms with Crippen molar-refractivity contribution < 1.29 is 33.0 Å². The number of nitrogens with one attached hydrogen (secondary N) is 2. The quantitative estimate of drug-likeness (QED) is 0.296. The molecule has 0 aliphatic carbocycles. The van der Waals surface area contributed by atoms with Crippen molar-refractivity contribution in [3.05, 3.63) is 58.8 Å². The number of carbonyl (C=O) groups excluding carboxylic acids is 1. The highest BCUT2D eigenvalue weighted by atomic mass is 19.1. The van der Waals surface area contributed by atoms with E-state index in [-0.39, 0.29) is 18.6 Å². The fourth-order valence-corrected chi connectivity index (χ4v) is 4.30. The van der Waals surface area contributed by atoms with Crippen molar-refractivity contribution in [3.63, 3.8) is 0 Å². The van der Waals surface area contributed by atoms with Gasteiger partial charge in [-0.1, -0.05) is 6.07 Å². The van der Waals surface area contributed by atoms with E-state index in [1.807, 2.05) is 0 Å². The molecule has 1 aromatic carbocycles. The van der Waals surface area contributed by atoms with E-state index in [1.165, 1.54) is 5.56 Å². The molecule has 0 saturated heterocycles. The molecule has 2 heterocycles. The summed E-state index contributed by atoms with van der Waals surface area (Å²) in [5, 5.41) is 15.2. The average molecular weight is 535 g/mol. The van der Waals surface area contributed by atoms with E-state index < -0.39 is 29.7 Å². The maximum Gasteiger partial charge on any atom is 0.408 e. The summed E-state index contributed by atoms with van der Waals surface area (Å²) in [5.41, 5.74) is 2.44. The molecule has 1 atom stereocenters. The Hall–Kier alpha value is -3.31. The number of rotatable bonds is 15. The van der Waals surface area contributed by atoms with Crippen molar-refractivity contribution >= 4 is 17.9 Å². The molecule has 208 valence electrons. The number of carboxylic acids is 1. The second kappa shape index (κ2) is 15.2. The minimum atomic E-state index is -1.20. The first-order chi connectivity index (χ1) is 18.3. The van der Waals surface area contributed by atoms with Gasteiger partial charge in [-0.2, -0.15) is 0 Å². The van der Waals surface area contributed by atoms with Crippen LogP contribution in [0.5, 0.6) is 0 Å². The second-order valence-corrected chi connectivity index (χ2v) is 9.31. The molecule has 1 aromatic heterocycles. The first-order valence-electron chi connectivity index (χ1n) is 12.9. The van der Waals surface area contributed by atoms with Crippen molar-refractivity contribution in [2.75, 3.05) is 45.2 Å². The fraction of sp³-hybridized carbons (Fsp3) is 0.519. The first kappa shape index (κ1) is 29.2. The number of aryl methyl sites for hydroxylation is 2. The molecule has 11 heteroatoms. The molecule has 2 aromatic rings. The number of hydrogen-bond donors (Lipinski definition) is 3. The lowest BCUT2D eigenvalue weighted by atomic mass is 10.1. The predicted octanol–water partition coefficient (Wildman–Crippen LogP) is 3.76. The van der Waals surface area contributed by atoms with Gasteiger partial charge in [0.15, 0.2) is 0 Å². The Kier molecular flexibility index (Phi) is 11.7. The maximum atomic E-state index is 13.3. The number of fused-ring (bicyclic) bond motifs is 1. The molecule has 1 aliphatic heterocycles. The van der Waals surface area contributed by atoms with E-state index >= 15 is 0 Å². The number of carboxylic acid groups (broad SMARTS) is 1. The summed E-state index contributed by atoms with van der Waals surface area (Å²) in [6, 6.07) is 5.84. The fourth-order valence-electron chi connectivity index (χ4n) is 4.30. The van der Waals surface area contributed by atoms with Crippen molar-refractivity contribution in [2.24, 2.45) is 0 Å². The van der Waals surface area contributed by atoms with Crippen LogP contribution in [0.1, 0.15) is 42.5 Å². The summed E-state index contributed by atoms with van der Waals surface area (Å²) in [4.78, 5) is 30.7. The smallest absolute Gasteiger partial charge is 0.408 e. The molecule has 3 rings (SSSR count). The highest BCUT2D eigenvalue weighted by molar-refractivity contribution is 5.79. The molecule has 0 radical (unpaired) electrons. The summed E-state index contributed by atoms with van der Waals surface area (Å²) >= 11 is 0.